The average Bonchev–Trinajstić information content (AvgIpc) is 2.78. The molecule has 4 rings (SSSR count). The minimum Gasteiger partial charge on any atom is -0.490 e. The van der Waals surface area contributed by atoms with E-state index in [1.165, 1.54) is 0 Å². The van der Waals surface area contributed by atoms with E-state index in [9.17, 15) is 4.79 Å². The molecule has 0 radical (unpaired) electrons. The molecule has 0 saturated carbocycles. The largest absolute Gasteiger partial charge is 0.490 e. The maximum Gasteiger partial charge on any atom is 0.259 e. The van der Waals surface area contributed by atoms with Gasteiger partial charge in [-0.2, -0.15) is 0 Å². The molecule has 1 aliphatic rings. The third-order valence-electron chi connectivity index (χ3n) is 4.36. The SMILES string of the molecule is O=C(Nc1cc2c(cc1Br)OCCO2)c1ccccc1OCCOc1ccccc1. The molecule has 0 aliphatic carbocycles. The van der Waals surface area contributed by atoms with Crippen LogP contribution in [-0.4, -0.2) is 32.3 Å². The van der Waals surface area contributed by atoms with E-state index < -0.39 is 0 Å². The van der Waals surface area contributed by atoms with Crippen molar-refractivity contribution in [2.24, 2.45) is 0 Å². The maximum atomic E-state index is 12.9. The summed E-state index contributed by atoms with van der Waals surface area (Å²) >= 11 is 3.47. The molecule has 1 aliphatic heterocycles. The number of halogens is 1. The number of amides is 1. The van der Waals surface area contributed by atoms with Crippen molar-refractivity contribution in [2.45, 2.75) is 0 Å². The molecule has 30 heavy (non-hydrogen) atoms. The number of benzene rings is 3. The number of carbonyl (C=O) groups excluding carboxylic acids is 1. The maximum absolute atomic E-state index is 12.9. The molecular weight excluding hydrogens is 450 g/mol. The van der Waals surface area contributed by atoms with E-state index in [0.29, 0.717) is 59.4 Å². The minimum absolute atomic E-state index is 0.285. The first kappa shape index (κ1) is 20.1. The minimum atomic E-state index is -0.285. The van der Waals surface area contributed by atoms with Crippen LogP contribution in [0.3, 0.4) is 0 Å². The van der Waals surface area contributed by atoms with Crippen molar-refractivity contribution in [3.05, 3.63) is 76.8 Å². The Labute approximate surface area is 182 Å². The van der Waals surface area contributed by atoms with Gasteiger partial charge in [0.05, 0.1) is 11.3 Å². The second kappa shape index (κ2) is 9.54. The van der Waals surface area contributed by atoms with Crippen LogP contribution in [0.2, 0.25) is 0 Å². The highest BCUT2D eigenvalue weighted by atomic mass is 79.9. The monoisotopic (exact) mass is 469 g/mol. The molecule has 0 saturated heterocycles. The van der Waals surface area contributed by atoms with Crippen LogP contribution in [0.25, 0.3) is 0 Å². The Hall–Kier alpha value is -3.19. The van der Waals surface area contributed by atoms with Crippen LogP contribution >= 0.6 is 15.9 Å². The van der Waals surface area contributed by atoms with Gasteiger partial charge in [-0.15, -0.1) is 0 Å². The molecule has 1 heterocycles. The summed E-state index contributed by atoms with van der Waals surface area (Å²) in [6, 6.07) is 20.1. The Morgan fingerprint density at radius 1 is 0.900 bits per heavy atom. The number of para-hydroxylation sites is 2. The van der Waals surface area contributed by atoms with Crippen molar-refractivity contribution in [3.63, 3.8) is 0 Å². The van der Waals surface area contributed by atoms with Gasteiger partial charge in [-0.1, -0.05) is 30.3 Å². The van der Waals surface area contributed by atoms with Gasteiger partial charge < -0.3 is 24.3 Å². The molecule has 0 atom stereocenters. The van der Waals surface area contributed by atoms with Crippen LogP contribution in [0, 0.1) is 0 Å². The van der Waals surface area contributed by atoms with Crippen molar-refractivity contribution in [1.29, 1.82) is 0 Å². The summed E-state index contributed by atoms with van der Waals surface area (Å²) in [6.07, 6.45) is 0. The molecule has 3 aromatic carbocycles. The van der Waals surface area contributed by atoms with Crippen molar-refractivity contribution in [2.75, 3.05) is 31.7 Å². The van der Waals surface area contributed by atoms with E-state index in [1.54, 1.807) is 30.3 Å². The van der Waals surface area contributed by atoms with Gasteiger partial charge in [-0.3, -0.25) is 4.79 Å². The molecule has 0 bridgehead atoms. The summed E-state index contributed by atoms with van der Waals surface area (Å²) in [5.74, 6) is 2.22. The topological polar surface area (TPSA) is 66.0 Å². The summed E-state index contributed by atoms with van der Waals surface area (Å²) in [5.41, 5.74) is 1.02. The van der Waals surface area contributed by atoms with Crippen molar-refractivity contribution < 1.29 is 23.7 Å². The number of hydrogen-bond donors (Lipinski definition) is 1. The Morgan fingerprint density at radius 2 is 1.57 bits per heavy atom. The Balaban J connectivity index is 1.41. The number of fused-ring (bicyclic) bond motifs is 1. The molecule has 1 N–H and O–H groups in total. The number of carbonyl (C=O) groups is 1. The van der Waals surface area contributed by atoms with Gasteiger partial charge in [-0.05, 0) is 40.2 Å². The van der Waals surface area contributed by atoms with Gasteiger partial charge in [-0.25, -0.2) is 0 Å². The first-order chi connectivity index (χ1) is 14.7. The Morgan fingerprint density at radius 3 is 2.37 bits per heavy atom. The summed E-state index contributed by atoms with van der Waals surface area (Å²) in [6.45, 7) is 1.66. The first-order valence-corrected chi connectivity index (χ1v) is 10.3. The highest BCUT2D eigenvalue weighted by molar-refractivity contribution is 9.10. The van der Waals surface area contributed by atoms with E-state index in [2.05, 4.69) is 21.2 Å². The summed E-state index contributed by atoms with van der Waals surface area (Å²) in [7, 11) is 0. The summed E-state index contributed by atoms with van der Waals surface area (Å²) < 4.78 is 23.3. The molecule has 7 heteroatoms. The zero-order chi connectivity index (χ0) is 20.8. The van der Waals surface area contributed by atoms with E-state index in [-0.39, 0.29) is 5.91 Å². The molecule has 1 amide bonds. The molecule has 6 nitrogen and oxygen atoms in total. The molecule has 0 fully saturated rings. The third-order valence-corrected chi connectivity index (χ3v) is 5.02. The predicted octanol–water partition coefficient (Wildman–Crippen LogP) is 4.93. The highest BCUT2D eigenvalue weighted by Crippen LogP contribution is 2.38. The zero-order valence-corrected chi connectivity index (χ0v) is 17.7. The number of anilines is 1. The molecule has 0 spiro atoms. The predicted molar refractivity (Wildman–Crippen MR) is 117 cm³/mol. The normalized spacial score (nSPS) is 12.2. The van der Waals surface area contributed by atoms with Crippen molar-refractivity contribution in [1.82, 2.24) is 0 Å². The second-order valence-electron chi connectivity index (χ2n) is 6.44. The van der Waals surface area contributed by atoms with E-state index in [0.717, 1.165) is 5.75 Å². The lowest BCUT2D eigenvalue weighted by Crippen LogP contribution is -2.18. The second-order valence-corrected chi connectivity index (χ2v) is 7.29. The average molecular weight is 470 g/mol. The number of nitrogens with one attached hydrogen (secondary N) is 1. The zero-order valence-electron chi connectivity index (χ0n) is 16.1. The highest BCUT2D eigenvalue weighted by Gasteiger charge is 2.18. The van der Waals surface area contributed by atoms with Crippen LogP contribution in [0.1, 0.15) is 10.4 Å². The number of ether oxygens (including phenoxy) is 4. The lowest BCUT2D eigenvalue weighted by molar-refractivity contribution is 0.102. The fraction of sp³-hybridized carbons (Fsp3) is 0.174. The number of hydrogen-bond acceptors (Lipinski definition) is 5. The van der Waals surface area contributed by atoms with Crippen LogP contribution in [0.5, 0.6) is 23.0 Å². The van der Waals surface area contributed by atoms with E-state index in [4.69, 9.17) is 18.9 Å². The fourth-order valence-corrected chi connectivity index (χ4v) is 3.38. The van der Waals surface area contributed by atoms with Gasteiger partial charge in [0.25, 0.3) is 5.91 Å². The standard InChI is InChI=1S/C23H20BrNO5/c24-18-14-21-22(30-13-12-29-21)15-19(18)25-23(26)17-8-4-5-9-20(17)28-11-10-27-16-6-2-1-3-7-16/h1-9,14-15H,10-13H2,(H,25,26). The van der Waals surface area contributed by atoms with Gasteiger partial charge in [0.15, 0.2) is 11.5 Å². The smallest absolute Gasteiger partial charge is 0.259 e. The molecule has 0 unspecified atom stereocenters. The van der Waals surface area contributed by atoms with Gasteiger partial charge in [0.1, 0.15) is 37.9 Å². The van der Waals surface area contributed by atoms with Crippen LogP contribution in [-0.2, 0) is 0 Å². The van der Waals surface area contributed by atoms with Crippen LogP contribution < -0.4 is 24.3 Å². The molecule has 3 aromatic rings. The molecule has 0 aromatic heterocycles. The summed E-state index contributed by atoms with van der Waals surface area (Å²) in [5, 5.41) is 2.90. The third kappa shape index (κ3) is 4.86. The lowest BCUT2D eigenvalue weighted by Gasteiger charge is -2.20. The van der Waals surface area contributed by atoms with E-state index >= 15 is 0 Å². The number of rotatable bonds is 7. The van der Waals surface area contributed by atoms with Crippen molar-refractivity contribution >= 4 is 27.5 Å². The van der Waals surface area contributed by atoms with Crippen LogP contribution in [0.15, 0.2) is 71.2 Å². The Kier molecular flexibility index (Phi) is 6.39. The fourth-order valence-electron chi connectivity index (χ4n) is 2.96. The van der Waals surface area contributed by atoms with Crippen molar-refractivity contribution in [3.8, 4) is 23.0 Å². The van der Waals surface area contributed by atoms with Gasteiger partial charge in [0.2, 0.25) is 0 Å². The Bertz CT molecular complexity index is 1030. The van der Waals surface area contributed by atoms with Crippen LogP contribution in [0.4, 0.5) is 5.69 Å². The first-order valence-electron chi connectivity index (χ1n) is 9.51. The van der Waals surface area contributed by atoms with Gasteiger partial charge >= 0.3 is 0 Å². The molecule has 154 valence electrons. The summed E-state index contributed by atoms with van der Waals surface area (Å²) in [4.78, 5) is 12.9. The lowest BCUT2D eigenvalue weighted by atomic mass is 10.1. The van der Waals surface area contributed by atoms with E-state index in [1.807, 2.05) is 36.4 Å². The quantitative estimate of drug-likeness (QED) is 0.496. The molecular formula is C23H20BrNO5. The van der Waals surface area contributed by atoms with Gasteiger partial charge in [0, 0.05) is 16.6 Å².